The molecule has 0 heterocycles. The van der Waals surface area contributed by atoms with Crippen LogP contribution in [0.4, 0.5) is 0 Å². The number of carbonyl (C=O) groups excluding carboxylic acids is 1. The first-order valence-electron chi connectivity index (χ1n) is 5.00. The first-order chi connectivity index (χ1) is 7.15. The molecule has 1 nitrogen and oxygen atoms in total. The van der Waals surface area contributed by atoms with Gasteiger partial charge in [0.05, 0.1) is 0 Å². The van der Waals surface area contributed by atoms with Crippen LogP contribution in [0.2, 0.25) is 0 Å². The van der Waals surface area contributed by atoms with Gasteiger partial charge in [0, 0.05) is 12.0 Å². The van der Waals surface area contributed by atoms with E-state index in [1.165, 1.54) is 0 Å². The maximum Gasteiger partial charge on any atom is 0.162 e. The molecule has 0 unspecified atom stereocenters. The van der Waals surface area contributed by atoms with Crippen molar-refractivity contribution in [2.75, 3.05) is 4.43 Å². The second-order valence-electron chi connectivity index (χ2n) is 3.57. The van der Waals surface area contributed by atoms with Crippen molar-refractivity contribution < 1.29 is 4.79 Å². The molecule has 0 radical (unpaired) electrons. The molecule has 0 aliphatic carbocycles. The minimum atomic E-state index is 0.236. The van der Waals surface area contributed by atoms with Crippen molar-refractivity contribution in [1.82, 2.24) is 0 Å². The third-order valence-corrected chi connectivity index (χ3v) is 3.00. The van der Waals surface area contributed by atoms with Crippen molar-refractivity contribution in [2.45, 2.75) is 19.8 Å². The minimum absolute atomic E-state index is 0.236. The van der Waals surface area contributed by atoms with Gasteiger partial charge in [0.15, 0.2) is 5.78 Å². The summed E-state index contributed by atoms with van der Waals surface area (Å²) in [6.07, 6.45) is 1.61. The lowest BCUT2D eigenvalue weighted by Crippen LogP contribution is -1.99. The van der Waals surface area contributed by atoms with E-state index in [0.717, 1.165) is 27.5 Å². The van der Waals surface area contributed by atoms with Crippen LogP contribution in [-0.2, 0) is 0 Å². The molecule has 0 fully saturated rings. The van der Waals surface area contributed by atoms with E-state index in [1.54, 1.807) is 0 Å². The Labute approximate surface area is 105 Å². The second-order valence-corrected chi connectivity index (χ2v) is 4.65. The number of halogens is 1. The molecule has 1 rings (SSSR count). The Kier molecular flexibility index (Phi) is 5.02. The monoisotopic (exact) mass is 314 g/mol. The number of hydrogen-bond donors (Lipinski definition) is 0. The van der Waals surface area contributed by atoms with Crippen molar-refractivity contribution in [2.24, 2.45) is 0 Å². The summed E-state index contributed by atoms with van der Waals surface area (Å²) in [7, 11) is 0. The third kappa shape index (κ3) is 3.78. The summed E-state index contributed by atoms with van der Waals surface area (Å²) >= 11 is 2.29. The van der Waals surface area contributed by atoms with E-state index in [9.17, 15) is 4.79 Å². The summed E-state index contributed by atoms with van der Waals surface area (Å²) in [5.41, 5.74) is 2.94. The predicted octanol–water partition coefficient (Wildman–Crippen LogP) is 4.12. The largest absolute Gasteiger partial charge is 0.294 e. The molecule has 0 aliphatic heterocycles. The Morgan fingerprint density at radius 2 is 1.80 bits per heavy atom. The van der Waals surface area contributed by atoms with Gasteiger partial charge >= 0.3 is 0 Å². The highest BCUT2D eigenvalue weighted by atomic mass is 127. The van der Waals surface area contributed by atoms with E-state index in [-0.39, 0.29) is 5.78 Å². The van der Waals surface area contributed by atoms with Crippen molar-refractivity contribution >= 4 is 33.9 Å². The highest BCUT2D eigenvalue weighted by Gasteiger charge is 2.04. The van der Waals surface area contributed by atoms with Gasteiger partial charge in [-0.25, -0.2) is 0 Å². The highest BCUT2D eigenvalue weighted by Crippen LogP contribution is 2.14. The van der Waals surface area contributed by atoms with E-state index >= 15 is 0 Å². The van der Waals surface area contributed by atoms with E-state index in [1.807, 2.05) is 31.2 Å². The van der Waals surface area contributed by atoms with Crippen LogP contribution in [0.3, 0.4) is 0 Å². The van der Waals surface area contributed by atoms with Crippen LogP contribution in [-0.4, -0.2) is 10.2 Å². The number of benzene rings is 1. The van der Waals surface area contributed by atoms with Crippen LogP contribution in [0, 0.1) is 0 Å². The summed E-state index contributed by atoms with van der Waals surface area (Å²) in [5, 5.41) is 0. The van der Waals surface area contributed by atoms with E-state index < -0.39 is 0 Å². The SMILES string of the molecule is C=C(C)c1ccc(C(=O)CCCI)cc1. The van der Waals surface area contributed by atoms with Gasteiger partial charge in [0.1, 0.15) is 0 Å². The first-order valence-corrected chi connectivity index (χ1v) is 6.53. The average Bonchev–Trinajstić information content (AvgIpc) is 2.26. The highest BCUT2D eigenvalue weighted by molar-refractivity contribution is 14.1. The average molecular weight is 314 g/mol. The lowest BCUT2D eigenvalue weighted by Gasteiger charge is -2.02. The molecule has 0 saturated carbocycles. The quantitative estimate of drug-likeness (QED) is 0.454. The molecular formula is C13H15IO. The molecule has 0 aliphatic rings. The Morgan fingerprint density at radius 3 is 2.27 bits per heavy atom. The standard InChI is InChI=1S/C13H15IO/c1-10(2)11-5-7-12(8-6-11)13(15)4-3-9-14/h5-8H,1,3-4,9H2,2H3. The summed E-state index contributed by atoms with van der Waals surface area (Å²) < 4.78 is 1.04. The molecule has 0 atom stereocenters. The van der Waals surface area contributed by atoms with Gasteiger partial charge in [-0.3, -0.25) is 4.79 Å². The van der Waals surface area contributed by atoms with Crippen LogP contribution in [0.5, 0.6) is 0 Å². The van der Waals surface area contributed by atoms with Crippen molar-refractivity contribution in [3.63, 3.8) is 0 Å². The van der Waals surface area contributed by atoms with E-state index in [4.69, 9.17) is 0 Å². The summed E-state index contributed by atoms with van der Waals surface area (Å²) in [5.74, 6) is 0.236. The summed E-state index contributed by atoms with van der Waals surface area (Å²) in [4.78, 5) is 11.7. The second kappa shape index (κ2) is 6.05. The lowest BCUT2D eigenvalue weighted by atomic mass is 10.0. The Hall–Kier alpha value is -0.640. The van der Waals surface area contributed by atoms with Gasteiger partial charge in [-0.05, 0) is 23.3 Å². The predicted molar refractivity (Wildman–Crippen MR) is 73.6 cm³/mol. The zero-order valence-electron chi connectivity index (χ0n) is 8.92. The maximum atomic E-state index is 11.7. The topological polar surface area (TPSA) is 17.1 Å². The van der Waals surface area contributed by atoms with Crippen molar-refractivity contribution in [3.8, 4) is 0 Å². The molecule has 0 N–H and O–H groups in total. The smallest absolute Gasteiger partial charge is 0.162 e. The number of rotatable bonds is 5. The molecule has 1 aromatic carbocycles. The molecule has 1 aromatic rings. The first kappa shape index (κ1) is 12.4. The fourth-order valence-corrected chi connectivity index (χ4v) is 1.69. The third-order valence-electron chi connectivity index (χ3n) is 2.24. The molecule has 15 heavy (non-hydrogen) atoms. The van der Waals surface area contributed by atoms with Crippen LogP contribution in [0.1, 0.15) is 35.7 Å². The van der Waals surface area contributed by atoms with Gasteiger partial charge in [0.2, 0.25) is 0 Å². The Balaban J connectivity index is 2.71. The number of allylic oxidation sites excluding steroid dienone is 1. The van der Waals surface area contributed by atoms with E-state index in [2.05, 4.69) is 29.2 Å². The number of Topliss-reactive ketones (excluding diaryl/α,β-unsaturated/α-hetero) is 1. The van der Waals surface area contributed by atoms with Gasteiger partial charge < -0.3 is 0 Å². The molecule has 0 spiro atoms. The Bertz CT molecular complexity index is 351. The lowest BCUT2D eigenvalue weighted by molar-refractivity contribution is 0.0982. The van der Waals surface area contributed by atoms with Crippen LogP contribution < -0.4 is 0 Å². The maximum absolute atomic E-state index is 11.7. The summed E-state index contributed by atoms with van der Waals surface area (Å²) in [6, 6.07) is 7.69. The van der Waals surface area contributed by atoms with Gasteiger partial charge in [-0.15, -0.1) is 0 Å². The van der Waals surface area contributed by atoms with Crippen molar-refractivity contribution in [1.29, 1.82) is 0 Å². The van der Waals surface area contributed by atoms with Crippen LogP contribution in [0.25, 0.3) is 5.57 Å². The number of carbonyl (C=O) groups is 1. The fourth-order valence-electron chi connectivity index (χ4n) is 1.31. The zero-order chi connectivity index (χ0) is 11.3. The normalized spacial score (nSPS) is 10.0. The fraction of sp³-hybridized carbons (Fsp3) is 0.308. The van der Waals surface area contributed by atoms with Crippen LogP contribution in [0.15, 0.2) is 30.8 Å². The molecule has 0 bridgehead atoms. The zero-order valence-corrected chi connectivity index (χ0v) is 11.1. The molecule has 0 amide bonds. The van der Waals surface area contributed by atoms with Gasteiger partial charge in [-0.1, -0.05) is 59.0 Å². The molecular weight excluding hydrogens is 299 g/mol. The van der Waals surface area contributed by atoms with Crippen LogP contribution >= 0.6 is 22.6 Å². The number of ketones is 1. The van der Waals surface area contributed by atoms with Crippen molar-refractivity contribution in [3.05, 3.63) is 42.0 Å². The molecule has 0 saturated heterocycles. The minimum Gasteiger partial charge on any atom is -0.294 e. The Morgan fingerprint density at radius 1 is 1.27 bits per heavy atom. The van der Waals surface area contributed by atoms with E-state index in [0.29, 0.717) is 6.42 Å². The summed E-state index contributed by atoms with van der Waals surface area (Å²) in [6.45, 7) is 5.83. The van der Waals surface area contributed by atoms with Gasteiger partial charge in [-0.2, -0.15) is 0 Å². The number of alkyl halides is 1. The molecule has 0 aromatic heterocycles. The molecule has 80 valence electrons. The van der Waals surface area contributed by atoms with Gasteiger partial charge in [0.25, 0.3) is 0 Å². The number of hydrogen-bond acceptors (Lipinski definition) is 1. The molecule has 2 heteroatoms.